The standard InChI is InChI=1S/C16H24N4S/c1-3-6-17-10-13-4-7-20(8-5-13)15-14-9-12(2)21-16(14)19-11-18-15/h9,11,13,17H,3-8,10H2,1-2H3. The molecule has 3 rings (SSSR count). The summed E-state index contributed by atoms with van der Waals surface area (Å²) in [6, 6.07) is 2.23. The minimum atomic E-state index is 0.814. The Morgan fingerprint density at radius 3 is 2.90 bits per heavy atom. The monoisotopic (exact) mass is 304 g/mol. The van der Waals surface area contributed by atoms with Crippen molar-refractivity contribution in [3.63, 3.8) is 0 Å². The molecule has 2 aromatic rings. The van der Waals surface area contributed by atoms with Crippen LogP contribution in [0.1, 0.15) is 31.1 Å². The predicted octanol–water partition coefficient (Wildman–Crippen LogP) is 3.22. The fraction of sp³-hybridized carbons (Fsp3) is 0.625. The van der Waals surface area contributed by atoms with Gasteiger partial charge in [-0.2, -0.15) is 0 Å². The van der Waals surface area contributed by atoms with Gasteiger partial charge in [-0.3, -0.25) is 0 Å². The highest BCUT2D eigenvalue weighted by atomic mass is 32.1. The lowest BCUT2D eigenvalue weighted by molar-refractivity contribution is 0.383. The summed E-state index contributed by atoms with van der Waals surface area (Å²) < 4.78 is 0. The summed E-state index contributed by atoms with van der Waals surface area (Å²) in [5, 5.41) is 4.77. The Balaban J connectivity index is 1.65. The predicted molar refractivity (Wildman–Crippen MR) is 90.2 cm³/mol. The lowest BCUT2D eigenvalue weighted by Gasteiger charge is -2.33. The van der Waals surface area contributed by atoms with Crippen LogP contribution in [-0.4, -0.2) is 36.1 Å². The fourth-order valence-electron chi connectivity index (χ4n) is 3.05. The number of fused-ring (bicyclic) bond motifs is 1. The molecule has 1 aliphatic rings. The Hall–Kier alpha value is -1.20. The van der Waals surface area contributed by atoms with E-state index >= 15 is 0 Å². The number of rotatable bonds is 5. The topological polar surface area (TPSA) is 41.0 Å². The number of piperidine rings is 1. The maximum absolute atomic E-state index is 4.55. The van der Waals surface area contributed by atoms with Crippen LogP contribution in [0.25, 0.3) is 10.2 Å². The molecule has 0 aliphatic carbocycles. The molecule has 4 nitrogen and oxygen atoms in total. The van der Waals surface area contributed by atoms with E-state index in [1.807, 2.05) is 0 Å². The van der Waals surface area contributed by atoms with E-state index in [4.69, 9.17) is 0 Å². The van der Waals surface area contributed by atoms with Gasteiger partial charge in [0, 0.05) is 18.0 Å². The average Bonchev–Trinajstić information content (AvgIpc) is 2.88. The quantitative estimate of drug-likeness (QED) is 0.861. The molecule has 0 amide bonds. The van der Waals surface area contributed by atoms with Gasteiger partial charge in [-0.15, -0.1) is 11.3 Å². The lowest BCUT2D eigenvalue weighted by atomic mass is 9.96. The van der Waals surface area contributed by atoms with E-state index in [-0.39, 0.29) is 0 Å². The minimum Gasteiger partial charge on any atom is -0.356 e. The first kappa shape index (κ1) is 14.7. The Kier molecular flexibility index (Phi) is 4.70. The smallest absolute Gasteiger partial charge is 0.140 e. The molecule has 5 heteroatoms. The average molecular weight is 304 g/mol. The second-order valence-electron chi connectivity index (χ2n) is 5.91. The van der Waals surface area contributed by atoms with Gasteiger partial charge in [0.25, 0.3) is 0 Å². The van der Waals surface area contributed by atoms with Crippen molar-refractivity contribution >= 4 is 27.4 Å². The van der Waals surface area contributed by atoms with Gasteiger partial charge in [-0.25, -0.2) is 9.97 Å². The van der Waals surface area contributed by atoms with Crippen LogP contribution < -0.4 is 10.2 Å². The van der Waals surface area contributed by atoms with Gasteiger partial charge in [-0.1, -0.05) is 6.92 Å². The van der Waals surface area contributed by atoms with Gasteiger partial charge < -0.3 is 10.2 Å². The van der Waals surface area contributed by atoms with Gasteiger partial charge in [0.2, 0.25) is 0 Å². The van der Waals surface area contributed by atoms with Crippen molar-refractivity contribution in [1.82, 2.24) is 15.3 Å². The number of nitrogens with zero attached hydrogens (tertiary/aromatic N) is 3. The maximum atomic E-state index is 4.55. The first-order valence-corrected chi connectivity index (χ1v) is 8.76. The third kappa shape index (κ3) is 3.35. The van der Waals surface area contributed by atoms with Crippen molar-refractivity contribution in [2.24, 2.45) is 5.92 Å². The number of hydrogen-bond acceptors (Lipinski definition) is 5. The largest absolute Gasteiger partial charge is 0.356 e. The second-order valence-corrected chi connectivity index (χ2v) is 7.14. The molecule has 1 saturated heterocycles. The number of nitrogens with one attached hydrogen (secondary N) is 1. The zero-order chi connectivity index (χ0) is 14.7. The van der Waals surface area contributed by atoms with E-state index in [1.165, 1.54) is 36.1 Å². The third-order valence-electron chi connectivity index (χ3n) is 4.21. The van der Waals surface area contributed by atoms with Crippen molar-refractivity contribution < 1.29 is 0 Å². The molecule has 1 fully saturated rings. The molecule has 0 saturated carbocycles. The minimum absolute atomic E-state index is 0.814. The van der Waals surface area contributed by atoms with Crippen LogP contribution in [-0.2, 0) is 0 Å². The number of hydrogen-bond donors (Lipinski definition) is 1. The SMILES string of the molecule is CCCNCC1CCN(c2ncnc3sc(C)cc23)CC1. The molecule has 1 N–H and O–H groups in total. The van der Waals surface area contributed by atoms with E-state index in [9.17, 15) is 0 Å². The van der Waals surface area contributed by atoms with Crippen LogP contribution in [0.3, 0.4) is 0 Å². The molecule has 0 aromatic carbocycles. The Morgan fingerprint density at radius 2 is 2.14 bits per heavy atom. The Bertz CT molecular complexity index is 587. The van der Waals surface area contributed by atoms with Gasteiger partial charge in [0.05, 0.1) is 5.39 Å². The molecular formula is C16H24N4S. The second kappa shape index (κ2) is 6.71. The Labute approximate surface area is 130 Å². The van der Waals surface area contributed by atoms with Crippen LogP contribution in [0.5, 0.6) is 0 Å². The van der Waals surface area contributed by atoms with Crippen LogP contribution in [0.2, 0.25) is 0 Å². The van der Waals surface area contributed by atoms with Crippen LogP contribution in [0.4, 0.5) is 5.82 Å². The molecule has 0 unspecified atom stereocenters. The lowest BCUT2D eigenvalue weighted by Crippen LogP contribution is -2.37. The number of thiophene rings is 1. The Morgan fingerprint density at radius 1 is 1.33 bits per heavy atom. The molecular weight excluding hydrogens is 280 g/mol. The van der Waals surface area contributed by atoms with Gasteiger partial charge in [-0.05, 0) is 51.3 Å². The highest BCUT2D eigenvalue weighted by Crippen LogP contribution is 2.31. The summed E-state index contributed by atoms with van der Waals surface area (Å²) in [6.45, 7) is 8.89. The number of aryl methyl sites for hydroxylation is 1. The first-order chi connectivity index (χ1) is 10.3. The van der Waals surface area contributed by atoms with Crippen LogP contribution in [0.15, 0.2) is 12.4 Å². The summed E-state index contributed by atoms with van der Waals surface area (Å²) in [5.41, 5.74) is 0. The van der Waals surface area contributed by atoms with Crippen LogP contribution >= 0.6 is 11.3 Å². The van der Waals surface area contributed by atoms with Crippen molar-refractivity contribution in [2.75, 3.05) is 31.1 Å². The van der Waals surface area contributed by atoms with Gasteiger partial charge in [0.1, 0.15) is 17.0 Å². The zero-order valence-corrected chi connectivity index (χ0v) is 13.7. The van der Waals surface area contributed by atoms with Gasteiger partial charge >= 0.3 is 0 Å². The molecule has 0 atom stereocenters. The van der Waals surface area contributed by atoms with Gasteiger partial charge in [0.15, 0.2) is 0 Å². The molecule has 21 heavy (non-hydrogen) atoms. The molecule has 114 valence electrons. The molecule has 2 aromatic heterocycles. The third-order valence-corrected chi connectivity index (χ3v) is 5.16. The van der Waals surface area contributed by atoms with Crippen LogP contribution in [0, 0.1) is 12.8 Å². The maximum Gasteiger partial charge on any atom is 0.140 e. The first-order valence-electron chi connectivity index (χ1n) is 7.94. The zero-order valence-electron chi connectivity index (χ0n) is 12.9. The molecule has 0 bridgehead atoms. The summed E-state index contributed by atoms with van der Waals surface area (Å²) in [5.74, 6) is 1.94. The van der Waals surface area contributed by atoms with Crippen molar-refractivity contribution in [3.05, 3.63) is 17.3 Å². The molecule has 0 spiro atoms. The molecule has 3 heterocycles. The summed E-state index contributed by atoms with van der Waals surface area (Å²) >= 11 is 1.76. The van der Waals surface area contributed by atoms with Crippen molar-refractivity contribution in [2.45, 2.75) is 33.1 Å². The normalized spacial score (nSPS) is 16.8. The molecule has 0 radical (unpaired) electrons. The van der Waals surface area contributed by atoms with E-state index in [1.54, 1.807) is 17.7 Å². The highest BCUT2D eigenvalue weighted by Gasteiger charge is 2.21. The molecule has 1 aliphatic heterocycles. The van der Waals surface area contributed by atoms with E-state index in [0.29, 0.717) is 0 Å². The summed E-state index contributed by atoms with van der Waals surface area (Å²) in [6.07, 6.45) is 5.44. The van der Waals surface area contributed by atoms with E-state index in [0.717, 1.165) is 36.2 Å². The number of anilines is 1. The van der Waals surface area contributed by atoms with Crippen molar-refractivity contribution in [1.29, 1.82) is 0 Å². The summed E-state index contributed by atoms with van der Waals surface area (Å²) in [7, 11) is 0. The van der Waals surface area contributed by atoms with E-state index in [2.05, 4.69) is 40.1 Å². The summed E-state index contributed by atoms with van der Waals surface area (Å²) in [4.78, 5) is 13.8. The number of aromatic nitrogens is 2. The fourth-order valence-corrected chi connectivity index (χ4v) is 3.89. The van der Waals surface area contributed by atoms with Crippen molar-refractivity contribution in [3.8, 4) is 0 Å². The highest BCUT2D eigenvalue weighted by molar-refractivity contribution is 7.18. The van der Waals surface area contributed by atoms with E-state index < -0.39 is 0 Å².